The van der Waals surface area contributed by atoms with E-state index in [0.29, 0.717) is 13.0 Å². The molecule has 1 aliphatic heterocycles. The van der Waals surface area contributed by atoms with Crippen molar-refractivity contribution in [2.45, 2.75) is 96.2 Å². The molecular weight excluding hydrogens is 537 g/mol. The van der Waals surface area contributed by atoms with Crippen molar-refractivity contribution in [1.29, 1.82) is 0 Å². The molecular formula is C35H45ClFNO3. The quantitative estimate of drug-likeness (QED) is 0.381. The second kappa shape index (κ2) is 9.48. The molecule has 2 N–H and O–H groups in total. The van der Waals surface area contributed by atoms with Crippen molar-refractivity contribution in [3.8, 4) is 0 Å². The largest absolute Gasteiger partial charge is 0.393 e. The van der Waals surface area contributed by atoms with Gasteiger partial charge >= 0.3 is 0 Å². The van der Waals surface area contributed by atoms with Crippen LogP contribution in [-0.4, -0.2) is 52.2 Å². The Balaban J connectivity index is 1.33. The number of β-amino-alcohol motifs (C(OH)–C–C–N with tert-alkyl or cyclic N) is 1. The SMILES string of the molecule is CC12CCC(O)CC13C=CC1(C(C(=O)Cc4c(F)cccc4Cl)=C3)C2CCC2(C)C1CCC2(O)CN1CCCCC1. The maximum atomic E-state index is 14.9. The second-order valence-electron chi connectivity index (χ2n) is 14.9. The van der Waals surface area contributed by atoms with Gasteiger partial charge in [0, 0.05) is 45.4 Å². The molecule has 222 valence electrons. The van der Waals surface area contributed by atoms with Crippen LogP contribution in [-0.2, 0) is 11.2 Å². The van der Waals surface area contributed by atoms with Gasteiger partial charge in [0.15, 0.2) is 5.78 Å². The maximum absolute atomic E-state index is 14.9. The van der Waals surface area contributed by atoms with Crippen LogP contribution in [0.1, 0.15) is 83.6 Å². The summed E-state index contributed by atoms with van der Waals surface area (Å²) >= 11 is 6.42. The van der Waals surface area contributed by atoms with Gasteiger partial charge in [-0.25, -0.2) is 4.39 Å². The lowest BCUT2D eigenvalue weighted by atomic mass is 9.32. The van der Waals surface area contributed by atoms with Crippen molar-refractivity contribution in [2.75, 3.05) is 19.6 Å². The first-order valence-electron chi connectivity index (χ1n) is 16.0. The number of ketones is 1. The summed E-state index contributed by atoms with van der Waals surface area (Å²) in [4.78, 5) is 16.9. The van der Waals surface area contributed by atoms with Gasteiger partial charge in [0.05, 0.1) is 11.7 Å². The van der Waals surface area contributed by atoms with Crippen molar-refractivity contribution >= 4 is 17.4 Å². The monoisotopic (exact) mass is 581 g/mol. The molecule has 6 aliphatic carbocycles. The van der Waals surface area contributed by atoms with Crippen molar-refractivity contribution in [2.24, 2.45) is 33.5 Å². The third-order valence-electron chi connectivity index (χ3n) is 13.3. The smallest absolute Gasteiger partial charge is 0.164 e. The Morgan fingerprint density at radius 2 is 1.73 bits per heavy atom. The number of aliphatic hydroxyl groups excluding tert-OH is 1. The van der Waals surface area contributed by atoms with E-state index in [2.05, 4.69) is 37.0 Å². The van der Waals surface area contributed by atoms with E-state index >= 15 is 0 Å². The van der Waals surface area contributed by atoms with Crippen LogP contribution in [0.4, 0.5) is 4.39 Å². The molecule has 0 radical (unpaired) electrons. The number of aliphatic hydroxyl groups is 2. The first-order chi connectivity index (χ1) is 19.5. The van der Waals surface area contributed by atoms with E-state index in [-0.39, 0.29) is 45.5 Å². The molecule has 1 saturated heterocycles. The Labute approximate surface area is 249 Å². The highest BCUT2D eigenvalue weighted by atomic mass is 35.5. The first-order valence-corrected chi connectivity index (χ1v) is 16.4. The summed E-state index contributed by atoms with van der Waals surface area (Å²) < 4.78 is 14.9. The zero-order valence-corrected chi connectivity index (χ0v) is 25.4. The zero-order chi connectivity index (χ0) is 28.8. The van der Waals surface area contributed by atoms with E-state index in [9.17, 15) is 19.4 Å². The second-order valence-corrected chi connectivity index (χ2v) is 15.4. The molecule has 7 aliphatic rings. The van der Waals surface area contributed by atoms with Crippen molar-refractivity contribution in [3.05, 3.63) is 58.4 Å². The zero-order valence-electron chi connectivity index (χ0n) is 24.6. The summed E-state index contributed by atoms with van der Waals surface area (Å²) in [6.45, 7) is 7.49. The normalized spacial score (nSPS) is 45.1. The van der Waals surface area contributed by atoms with Crippen LogP contribution in [0.2, 0.25) is 5.02 Å². The molecule has 1 heterocycles. The Hall–Kier alpha value is -1.53. The molecule has 2 spiro atoms. The van der Waals surface area contributed by atoms with Crippen LogP contribution in [0.25, 0.3) is 0 Å². The van der Waals surface area contributed by atoms with Crippen molar-refractivity contribution in [3.63, 3.8) is 0 Å². The fraction of sp³-hybridized carbons (Fsp3) is 0.686. The van der Waals surface area contributed by atoms with Crippen LogP contribution in [0.3, 0.4) is 0 Å². The Bertz CT molecular complexity index is 1300. The number of likely N-dealkylation sites (tertiary alicyclic amines) is 1. The summed E-state index contributed by atoms with van der Waals surface area (Å²) in [5.74, 6) is -0.155. The lowest BCUT2D eigenvalue weighted by Crippen LogP contribution is -2.67. The standard InChI is InChI=1S/C35H45ClFNO3/c1-31-12-9-23(39)20-33(31)15-16-35(25(21-33)28(40)19-24-26(36)7-6-8-27(24)37)29(31)10-13-32(2)30(35)11-14-34(32,41)22-38-17-4-3-5-18-38/h6-8,15-16,21,23,29-30,39,41H,3-5,9-14,17-20,22H2,1-2H3. The molecule has 2 bridgehead atoms. The van der Waals surface area contributed by atoms with Crippen molar-refractivity contribution in [1.82, 2.24) is 4.90 Å². The van der Waals surface area contributed by atoms with E-state index in [4.69, 9.17) is 11.6 Å². The van der Waals surface area contributed by atoms with E-state index < -0.39 is 28.4 Å². The van der Waals surface area contributed by atoms with E-state index in [0.717, 1.165) is 57.2 Å². The number of carbonyl (C=O) groups excluding carboxylic acids is 1. The van der Waals surface area contributed by atoms with Crippen LogP contribution in [0, 0.1) is 39.3 Å². The average molecular weight is 582 g/mol. The Morgan fingerprint density at radius 1 is 1.02 bits per heavy atom. The minimum Gasteiger partial charge on any atom is -0.393 e. The lowest BCUT2D eigenvalue weighted by molar-refractivity contribution is -0.179. The highest BCUT2D eigenvalue weighted by molar-refractivity contribution is 6.31. The lowest BCUT2D eigenvalue weighted by Gasteiger charge is -2.71. The number of piperidine rings is 1. The summed E-state index contributed by atoms with van der Waals surface area (Å²) in [6, 6.07) is 4.60. The number of rotatable bonds is 5. The van der Waals surface area contributed by atoms with Gasteiger partial charge in [0.25, 0.3) is 0 Å². The first kappa shape index (κ1) is 28.3. The number of hydrogen-bond donors (Lipinski definition) is 2. The van der Waals surface area contributed by atoms with Gasteiger partial charge in [0.2, 0.25) is 0 Å². The topological polar surface area (TPSA) is 60.8 Å². The number of fused-ring (bicyclic) bond motifs is 1. The van der Waals surface area contributed by atoms with Gasteiger partial charge < -0.3 is 15.1 Å². The van der Waals surface area contributed by atoms with Gasteiger partial charge in [-0.2, -0.15) is 0 Å². The minimum absolute atomic E-state index is 0.0661. The Morgan fingerprint density at radius 3 is 2.49 bits per heavy atom. The molecule has 6 heteroatoms. The number of halogens is 2. The molecule has 1 aromatic carbocycles. The summed E-state index contributed by atoms with van der Waals surface area (Å²) in [6.07, 6.45) is 15.9. The maximum Gasteiger partial charge on any atom is 0.164 e. The van der Waals surface area contributed by atoms with E-state index in [1.807, 2.05) is 0 Å². The molecule has 8 atom stereocenters. The number of nitrogens with zero attached hydrogens (tertiary/aromatic N) is 1. The van der Waals surface area contributed by atoms with Crippen molar-refractivity contribution < 1.29 is 19.4 Å². The van der Waals surface area contributed by atoms with Crippen LogP contribution < -0.4 is 0 Å². The third kappa shape index (κ3) is 3.77. The molecule has 1 aromatic rings. The molecule has 8 rings (SSSR count). The van der Waals surface area contributed by atoms with Gasteiger partial charge in [0.1, 0.15) is 5.82 Å². The van der Waals surface area contributed by atoms with E-state index in [1.165, 1.54) is 25.3 Å². The molecule has 4 fully saturated rings. The minimum atomic E-state index is -0.804. The number of carbonyl (C=O) groups is 1. The average Bonchev–Trinajstić information content (AvgIpc) is 3.21. The number of benzene rings is 1. The number of allylic oxidation sites excluding steroid dienone is 4. The highest BCUT2D eigenvalue weighted by Crippen LogP contribution is 2.78. The number of hydrogen-bond acceptors (Lipinski definition) is 4. The Kier molecular flexibility index (Phi) is 6.53. The highest BCUT2D eigenvalue weighted by Gasteiger charge is 2.74. The fourth-order valence-corrected chi connectivity index (χ4v) is 11.3. The predicted molar refractivity (Wildman–Crippen MR) is 159 cm³/mol. The third-order valence-corrected chi connectivity index (χ3v) is 13.7. The molecule has 4 nitrogen and oxygen atoms in total. The summed E-state index contributed by atoms with van der Waals surface area (Å²) in [5.41, 5.74) is -1.06. The molecule has 41 heavy (non-hydrogen) atoms. The van der Waals surface area contributed by atoms with Gasteiger partial charge in [-0.3, -0.25) is 4.79 Å². The van der Waals surface area contributed by atoms with E-state index in [1.54, 1.807) is 12.1 Å². The van der Waals surface area contributed by atoms with Crippen LogP contribution in [0.5, 0.6) is 0 Å². The molecule has 3 saturated carbocycles. The van der Waals surface area contributed by atoms with Gasteiger partial charge in [-0.15, -0.1) is 0 Å². The fourth-order valence-electron chi connectivity index (χ4n) is 11.1. The predicted octanol–water partition coefficient (Wildman–Crippen LogP) is 6.67. The van der Waals surface area contributed by atoms with Gasteiger partial charge in [-0.05, 0) is 100 Å². The number of Topliss-reactive ketones (excluding diaryl/α,β-unsaturated/α-hetero) is 1. The van der Waals surface area contributed by atoms with Gasteiger partial charge in [-0.1, -0.05) is 56.2 Å². The summed E-state index contributed by atoms with van der Waals surface area (Å²) in [7, 11) is 0. The summed E-state index contributed by atoms with van der Waals surface area (Å²) in [5, 5.41) is 23.7. The molecule has 0 aromatic heterocycles. The molecule has 0 amide bonds. The van der Waals surface area contributed by atoms with Crippen LogP contribution in [0.15, 0.2) is 42.0 Å². The molecule has 8 unspecified atom stereocenters. The van der Waals surface area contributed by atoms with Crippen LogP contribution >= 0.6 is 11.6 Å².